The number of ether oxygens (including phenoxy) is 2. The average molecular weight is 192 g/mol. The second kappa shape index (κ2) is 6.03. The Balaban J connectivity index is 2.47. The number of para-hydroxylation sites is 1. The molecule has 74 valence electrons. The van der Waals surface area contributed by atoms with Crippen molar-refractivity contribution in [2.75, 3.05) is 20.5 Å². The van der Waals surface area contributed by atoms with Gasteiger partial charge >= 0.3 is 0 Å². The highest BCUT2D eigenvalue weighted by Gasteiger charge is 1.92. The summed E-state index contributed by atoms with van der Waals surface area (Å²) in [6, 6.07) is 6.92. The summed E-state index contributed by atoms with van der Waals surface area (Å²) in [5.74, 6) is 5.74. The molecule has 3 heteroatoms. The zero-order valence-electron chi connectivity index (χ0n) is 7.99. The summed E-state index contributed by atoms with van der Waals surface area (Å²) >= 11 is 0. The van der Waals surface area contributed by atoms with Crippen LogP contribution in [0, 0.1) is 11.8 Å². The van der Waals surface area contributed by atoms with Gasteiger partial charge in [0, 0.05) is 7.11 Å². The maximum atomic E-state index is 9.35. The lowest BCUT2D eigenvalue weighted by atomic mass is 10.2. The van der Waals surface area contributed by atoms with Gasteiger partial charge in [-0.25, -0.2) is 0 Å². The first kappa shape index (κ1) is 10.6. The number of phenolic OH excluding ortho intramolecular Hbond substituents is 1. The van der Waals surface area contributed by atoms with Gasteiger partial charge in [-0.05, 0) is 12.1 Å². The predicted molar refractivity (Wildman–Crippen MR) is 52.8 cm³/mol. The quantitative estimate of drug-likeness (QED) is 0.446. The van der Waals surface area contributed by atoms with Gasteiger partial charge in [0.2, 0.25) is 0 Å². The zero-order chi connectivity index (χ0) is 10.2. The van der Waals surface area contributed by atoms with Crippen molar-refractivity contribution in [2.45, 2.75) is 0 Å². The zero-order valence-corrected chi connectivity index (χ0v) is 7.99. The number of phenols is 1. The molecule has 0 unspecified atom stereocenters. The van der Waals surface area contributed by atoms with Crippen LogP contribution in [0.25, 0.3) is 0 Å². The van der Waals surface area contributed by atoms with E-state index in [9.17, 15) is 5.11 Å². The highest BCUT2D eigenvalue weighted by atomic mass is 16.7. The van der Waals surface area contributed by atoms with Gasteiger partial charge in [0.25, 0.3) is 0 Å². The van der Waals surface area contributed by atoms with Crippen molar-refractivity contribution in [1.29, 1.82) is 0 Å². The average Bonchev–Trinajstić information content (AvgIpc) is 2.20. The molecule has 14 heavy (non-hydrogen) atoms. The van der Waals surface area contributed by atoms with Crippen LogP contribution in [0.3, 0.4) is 0 Å². The Labute approximate surface area is 83.3 Å². The van der Waals surface area contributed by atoms with Gasteiger partial charge in [-0.15, -0.1) is 0 Å². The number of benzene rings is 1. The topological polar surface area (TPSA) is 38.7 Å². The highest BCUT2D eigenvalue weighted by Crippen LogP contribution is 2.13. The van der Waals surface area contributed by atoms with Gasteiger partial charge < -0.3 is 14.6 Å². The molecule has 1 N–H and O–H groups in total. The summed E-state index contributed by atoms with van der Waals surface area (Å²) in [7, 11) is 1.55. The molecular weight excluding hydrogens is 180 g/mol. The van der Waals surface area contributed by atoms with Crippen LogP contribution >= 0.6 is 0 Å². The van der Waals surface area contributed by atoms with Crippen molar-refractivity contribution >= 4 is 0 Å². The first-order valence-electron chi connectivity index (χ1n) is 4.18. The van der Waals surface area contributed by atoms with Crippen LogP contribution < -0.4 is 0 Å². The third-order valence-electron chi connectivity index (χ3n) is 1.50. The molecule has 0 spiro atoms. The molecule has 1 aromatic rings. The molecule has 0 atom stereocenters. The Hall–Kier alpha value is -1.50. The monoisotopic (exact) mass is 192 g/mol. The number of hydrogen-bond donors (Lipinski definition) is 1. The van der Waals surface area contributed by atoms with Crippen LogP contribution in [0.4, 0.5) is 0 Å². The van der Waals surface area contributed by atoms with E-state index in [1.807, 2.05) is 6.07 Å². The number of hydrogen-bond acceptors (Lipinski definition) is 3. The molecule has 0 radical (unpaired) electrons. The van der Waals surface area contributed by atoms with Crippen LogP contribution in [0.15, 0.2) is 24.3 Å². The van der Waals surface area contributed by atoms with E-state index >= 15 is 0 Å². The molecule has 0 saturated carbocycles. The van der Waals surface area contributed by atoms with Gasteiger partial charge in [-0.2, -0.15) is 0 Å². The lowest BCUT2D eigenvalue weighted by molar-refractivity contribution is -0.0166. The molecule has 0 fully saturated rings. The Morgan fingerprint density at radius 1 is 1.36 bits per heavy atom. The van der Waals surface area contributed by atoms with E-state index in [-0.39, 0.29) is 12.5 Å². The van der Waals surface area contributed by atoms with Crippen LogP contribution in [0.5, 0.6) is 5.75 Å². The summed E-state index contributed by atoms with van der Waals surface area (Å²) in [6.07, 6.45) is 0. The van der Waals surface area contributed by atoms with E-state index in [4.69, 9.17) is 4.74 Å². The van der Waals surface area contributed by atoms with E-state index in [1.165, 1.54) is 0 Å². The fourth-order valence-electron chi connectivity index (χ4n) is 0.887. The fraction of sp³-hybridized carbons (Fsp3) is 0.273. The molecule has 0 amide bonds. The minimum atomic E-state index is 0.187. The lowest BCUT2D eigenvalue weighted by Gasteiger charge is -1.95. The molecule has 0 heterocycles. The summed E-state index contributed by atoms with van der Waals surface area (Å²) in [4.78, 5) is 0. The molecule has 3 nitrogen and oxygen atoms in total. The Kier molecular flexibility index (Phi) is 4.56. The van der Waals surface area contributed by atoms with Crippen molar-refractivity contribution in [3.8, 4) is 17.6 Å². The second-order valence-corrected chi connectivity index (χ2v) is 2.57. The van der Waals surface area contributed by atoms with Crippen LogP contribution in [-0.2, 0) is 9.47 Å². The van der Waals surface area contributed by atoms with E-state index < -0.39 is 0 Å². The SMILES string of the molecule is COCOCC#Cc1ccccc1O. The Morgan fingerprint density at radius 2 is 2.14 bits per heavy atom. The standard InChI is InChI=1S/C11H12O3/c1-13-9-14-8-4-6-10-5-2-3-7-11(10)12/h2-3,5,7,12H,8-9H2,1H3. The van der Waals surface area contributed by atoms with Gasteiger partial charge in [0.05, 0.1) is 5.56 Å². The maximum absolute atomic E-state index is 9.35. The van der Waals surface area contributed by atoms with E-state index in [1.54, 1.807) is 25.3 Å². The molecule has 1 aromatic carbocycles. The van der Waals surface area contributed by atoms with Gasteiger partial charge in [0.15, 0.2) is 0 Å². The molecule has 1 rings (SSSR count). The minimum Gasteiger partial charge on any atom is -0.507 e. The molecule has 0 bridgehead atoms. The normalized spacial score (nSPS) is 9.21. The van der Waals surface area contributed by atoms with E-state index in [2.05, 4.69) is 16.6 Å². The maximum Gasteiger partial charge on any atom is 0.147 e. The highest BCUT2D eigenvalue weighted by molar-refractivity contribution is 5.44. The molecular formula is C11H12O3. The summed E-state index contributed by atoms with van der Waals surface area (Å²) in [5, 5.41) is 9.35. The molecule has 0 aromatic heterocycles. The van der Waals surface area contributed by atoms with Crippen LogP contribution in [0.2, 0.25) is 0 Å². The number of rotatable bonds is 3. The third-order valence-corrected chi connectivity index (χ3v) is 1.50. The number of aromatic hydroxyl groups is 1. The van der Waals surface area contributed by atoms with Crippen molar-refractivity contribution < 1.29 is 14.6 Å². The fourth-order valence-corrected chi connectivity index (χ4v) is 0.887. The largest absolute Gasteiger partial charge is 0.507 e. The summed E-state index contributed by atoms with van der Waals surface area (Å²) in [5.41, 5.74) is 0.605. The summed E-state index contributed by atoms with van der Waals surface area (Å²) < 4.78 is 9.65. The summed E-state index contributed by atoms with van der Waals surface area (Å²) in [6.45, 7) is 0.525. The van der Waals surface area contributed by atoms with Crippen LogP contribution in [-0.4, -0.2) is 25.6 Å². The Morgan fingerprint density at radius 3 is 2.86 bits per heavy atom. The van der Waals surface area contributed by atoms with Gasteiger partial charge in [-0.1, -0.05) is 24.0 Å². The first-order chi connectivity index (χ1) is 6.84. The van der Waals surface area contributed by atoms with Crippen LogP contribution in [0.1, 0.15) is 5.56 Å². The van der Waals surface area contributed by atoms with Crippen molar-refractivity contribution in [3.05, 3.63) is 29.8 Å². The first-order valence-corrected chi connectivity index (χ1v) is 4.18. The predicted octanol–water partition coefficient (Wildman–Crippen LogP) is 1.36. The smallest absolute Gasteiger partial charge is 0.147 e. The van der Waals surface area contributed by atoms with Crippen molar-refractivity contribution in [2.24, 2.45) is 0 Å². The number of methoxy groups -OCH3 is 1. The molecule has 0 aliphatic rings. The molecule has 0 aliphatic carbocycles. The minimum absolute atomic E-state index is 0.187. The second-order valence-electron chi connectivity index (χ2n) is 2.57. The molecule has 0 aliphatic heterocycles. The third kappa shape index (κ3) is 3.48. The van der Waals surface area contributed by atoms with E-state index in [0.29, 0.717) is 12.2 Å². The van der Waals surface area contributed by atoms with Crippen molar-refractivity contribution in [1.82, 2.24) is 0 Å². The van der Waals surface area contributed by atoms with E-state index in [0.717, 1.165) is 0 Å². The van der Waals surface area contributed by atoms with Gasteiger partial charge in [-0.3, -0.25) is 0 Å². The lowest BCUT2D eigenvalue weighted by Crippen LogP contribution is -1.95. The molecule has 0 saturated heterocycles. The van der Waals surface area contributed by atoms with Gasteiger partial charge in [0.1, 0.15) is 19.1 Å². The van der Waals surface area contributed by atoms with Crippen molar-refractivity contribution in [3.63, 3.8) is 0 Å². The Bertz CT molecular complexity index is 336.